The zero-order valence-electron chi connectivity index (χ0n) is 33.6. The highest BCUT2D eigenvalue weighted by molar-refractivity contribution is 7.25. The summed E-state index contributed by atoms with van der Waals surface area (Å²) in [7, 11) is 0. The predicted octanol–water partition coefficient (Wildman–Crippen LogP) is 13.9. The van der Waals surface area contributed by atoms with Gasteiger partial charge in [0, 0.05) is 65.8 Å². The lowest BCUT2D eigenvalue weighted by atomic mass is 10.1. The number of nitrogens with zero attached hydrogens (tertiary/aromatic N) is 7. The maximum absolute atomic E-state index is 5.26. The number of thiophene rings is 1. The molecule has 294 valence electrons. The van der Waals surface area contributed by atoms with Crippen molar-refractivity contribution in [1.82, 2.24) is 34.1 Å². The Morgan fingerprint density at radius 1 is 0.365 bits per heavy atom. The number of benzene rings is 7. The maximum Gasteiger partial charge on any atom is 0.235 e. The van der Waals surface area contributed by atoms with E-state index in [0.717, 1.165) is 94.5 Å². The van der Waals surface area contributed by atoms with Gasteiger partial charge in [-0.25, -0.2) is 15.0 Å². The summed E-state index contributed by atoms with van der Waals surface area (Å²) in [6.45, 7) is 0. The number of hydrogen-bond acceptors (Lipinski definition) is 6. The first-order valence-corrected chi connectivity index (χ1v) is 21.7. The van der Waals surface area contributed by atoms with Crippen LogP contribution >= 0.6 is 11.3 Å². The molecular formula is C55H33N7S. The molecule has 0 saturated heterocycles. The zero-order chi connectivity index (χ0) is 41.4. The molecule has 0 fully saturated rings. The molecule has 7 aromatic carbocycles. The fourth-order valence-electron chi connectivity index (χ4n) is 9.18. The van der Waals surface area contributed by atoms with Gasteiger partial charge >= 0.3 is 0 Å². The molecule has 0 amide bonds. The van der Waals surface area contributed by atoms with Crippen molar-refractivity contribution in [2.45, 2.75) is 0 Å². The summed E-state index contributed by atoms with van der Waals surface area (Å²) in [6.07, 6.45) is 5.59. The molecule has 0 spiro atoms. The molecule has 0 N–H and O–H groups in total. The first-order valence-electron chi connectivity index (χ1n) is 20.9. The van der Waals surface area contributed by atoms with E-state index >= 15 is 0 Å². The van der Waals surface area contributed by atoms with Gasteiger partial charge in [0.1, 0.15) is 0 Å². The van der Waals surface area contributed by atoms with Gasteiger partial charge in [-0.1, -0.05) is 109 Å². The highest BCUT2D eigenvalue weighted by Gasteiger charge is 2.19. The van der Waals surface area contributed by atoms with Crippen molar-refractivity contribution in [3.05, 3.63) is 201 Å². The maximum atomic E-state index is 5.26. The van der Waals surface area contributed by atoms with Gasteiger partial charge in [-0.05, 0) is 72.8 Å². The molecule has 0 aliphatic carbocycles. The highest BCUT2D eigenvalue weighted by atomic mass is 32.1. The normalized spacial score (nSPS) is 11.8. The summed E-state index contributed by atoms with van der Waals surface area (Å²) in [5.74, 6) is 0.616. The molecule has 0 aliphatic heterocycles. The van der Waals surface area contributed by atoms with E-state index in [9.17, 15) is 0 Å². The largest absolute Gasteiger partial charge is 0.309 e. The van der Waals surface area contributed by atoms with Crippen molar-refractivity contribution < 1.29 is 0 Å². The molecule has 0 atom stereocenters. The van der Waals surface area contributed by atoms with Crippen molar-refractivity contribution in [2.75, 3.05) is 0 Å². The van der Waals surface area contributed by atoms with Gasteiger partial charge < -0.3 is 4.57 Å². The second-order valence-electron chi connectivity index (χ2n) is 15.8. The Morgan fingerprint density at radius 2 is 0.937 bits per heavy atom. The van der Waals surface area contributed by atoms with Gasteiger partial charge in [-0.15, -0.1) is 11.3 Å². The van der Waals surface area contributed by atoms with E-state index in [0.29, 0.717) is 5.95 Å². The van der Waals surface area contributed by atoms with Crippen LogP contribution < -0.4 is 0 Å². The van der Waals surface area contributed by atoms with E-state index in [-0.39, 0.29) is 0 Å². The minimum Gasteiger partial charge on any atom is -0.309 e. The van der Waals surface area contributed by atoms with Gasteiger partial charge in [0.25, 0.3) is 0 Å². The van der Waals surface area contributed by atoms with Crippen LogP contribution in [0.3, 0.4) is 0 Å². The number of aromatic nitrogens is 7. The zero-order valence-corrected chi connectivity index (χ0v) is 34.4. The molecule has 13 aromatic rings. The van der Waals surface area contributed by atoms with E-state index in [1.54, 1.807) is 11.3 Å². The summed E-state index contributed by atoms with van der Waals surface area (Å²) in [5.41, 5.74) is 13.9. The third-order valence-corrected chi connectivity index (χ3v) is 13.2. The molecular weight excluding hydrogens is 791 g/mol. The van der Waals surface area contributed by atoms with Gasteiger partial charge in [0.15, 0.2) is 0 Å². The quantitative estimate of drug-likeness (QED) is 0.167. The van der Waals surface area contributed by atoms with Crippen LogP contribution in [0.25, 0.3) is 121 Å². The number of hydrogen-bond donors (Lipinski definition) is 0. The Labute approximate surface area is 364 Å². The van der Waals surface area contributed by atoms with Crippen molar-refractivity contribution in [3.63, 3.8) is 0 Å². The van der Waals surface area contributed by atoms with E-state index < -0.39 is 0 Å². The average molecular weight is 824 g/mol. The molecule has 0 unspecified atom stereocenters. The van der Waals surface area contributed by atoms with Crippen LogP contribution in [0.5, 0.6) is 0 Å². The Kier molecular flexibility index (Phi) is 7.94. The molecule has 0 bridgehead atoms. The summed E-state index contributed by atoms with van der Waals surface area (Å²) in [6, 6.07) is 63.8. The van der Waals surface area contributed by atoms with E-state index in [2.05, 4.69) is 149 Å². The molecule has 6 aromatic heterocycles. The van der Waals surface area contributed by atoms with Crippen LogP contribution in [0.1, 0.15) is 0 Å². The summed E-state index contributed by atoms with van der Waals surface area (Å²) >= 11 is 1.78. The first-order chi connectivity index (χ1) is 31.2. The van der Waals surface area contributed by atoms with Crippen LogP contribution in [0.15, 0.2) is 201 Å². The second kappa shape index (κ2) is 14.1. The van der Waals surface area contributed by atoms with Crippen molar-refractivity contribution in [1.29, 1.82) is 0 Å². The smallest absolute Gasteiger partial charge is 0.235 e. The Balaban J connectivity index is 0.920. The topological polar surface area (TPSA) is 74.3 Å². The van der Waals surface area contributed by atoms with Crippen LogP contribution in [0.2, 0.25) is 0 Å². The third-order valence-electron chi connectivity index (χ3n) is 12.1. The van der Waals surface area contributed by atoms with Crippen LogP contribution in [-0.2, 0) is 0 Å². The summed E-state index contributed by atoms with van der Waals surface area (Å²) in [4.78, 5) is 25.2. The lowest BCUT2D eigenvalue weighted by molar-refractivity contribution is 0.995. The molecule has 0 aliphatic rings. The van der Waals surface area contributed by atoms with Gasteiger partial charge in [0.2, 0.25) is 5.95 Å². The predicted molar refractivity (Wildman–Crippen MR) is 259 cm³/mol. The fraction of sp³-hybridized carbons (Fsp3) is 0. The highest BCUT2D eigenvalue weighted by Crippen LogP contribution is 2.39. The third kappa shape index (κ3) is 5.76. The van der Waals surface area contributed by atoms with Crippen LogP contribution in [0, 0.1) is 0 Å². The van der Waals surface area contributed by atoms with Crippen LogP contribution in [0.4, 0.5) is 0 Å². The van der Waals surface area contributed by atoms with E-state index in [1.807, 2.05) is 61.1 Å². The number of fused-ring (bicyclic) bond motifs is 9. The molecule has 63 heavy (non-hydrogen) atoms. The lowest BCUT2D eigenvalue weighted by Gasteiger charge is -2.12. The van der Waals surface area contributed by atoms with Crippen LogP contribution in [-0.4, -0.2) is 34.1 Å². The molecule has 8 heteroatoms. The minimum absolute atomic E-state index is 0.616. The number of para-hydroxylation sites is 2. The van der Waals surface area contributed by atoms with E-state index in [4.69, 9.17) is 24.9 Å². The lowest BCUT2D eigenvalue weighted by Crippen LogP contribution is -2.04. The Bertz CT molecular complexity index is 3870. The standard InChI is InChI=1S/C55H33N7S/c1-3-12-34(13-4-1)44-31-45(35-14-5-2-6-15-35)60-55(59-44)62-49-19-10-8-17-40(49)42-29-37(22-25-51(42)62)47-33-56-32-46(58-47)36-21-24-50-41(28-36)39-16-7-9-18-48(39)61(50)38-23-26-52-43(30-38)54-53(63-52)20-11-27-57-54/h1-33H. The second-order valence-corrected chi connectivity index (χ2v) is 16.8. The minimum atomic E-state index is 0.616. The van der Waals surface area contributed by atoms with Crippen molar-refractivity contribution >= 4 is 75.3 Å². The van der Waals surface area contributed by atoms with Gasteiger partial charge in [0.05, 0.1) is 67.5 Å². The van der Waals surface area contributed by atoms with E-state index in [1.165, 1.54) is 20.2 Å². The molecule has 0 saturated carbocycles. The molecule has 13 rings (SSSR count). The summed E-state index contributed by atoms with van der Waals surface area (Å²) < 4.78 is 6.97. The van der Waals surface area contributed by atoms with Crippen molar-refractivity contribution in [2.24, 2.45) is 0 Å². The number of rotatable bonds is 6. The first kappa shape index (κ1) is 35.4. The van der Waals surface area contributed by atoms with Crippen molar-refractivity contribution in [3.8, 4) is 56.7 Å². The van der Waals surface area contributed by atoms with Gasteiger partial charge in [-0.2, -0.15) is 0 Å². The SMILES string of the molecule is c1ccc(-c2cc(-c3ccccc3)nc(-n3c4ccccc4c4cc(-c5cncc(-c6ccc7c(c6)c6ccccc6n7-c6ccc7sc8cccnc8c7c6)n5)ccc43)n2)cc1. The average Bonchev–Trinajstić information content (AvgIpc) is 4.01. The number of pyridine rings is 1. The Hall–Kier alpha value is -8.33. The molecule has 6 heterocycles. The molecule has 7 nitrogen and oxygen atoms in total. The van der Waals surface area contributed by atoms with Gasteiger partial charge in [-0.3, -0.25) is 14.5 Å². The summed E-state index contributed by atoms with van der Waals surface area (Å²) in [5, 5.41) is 5.71. The molecule has 0 radical (unpaired) electrons. The Morgan fingerprint density at radius 3 is 1.59 bits per heavy atom. The fourth-order valence-corrected chi connectivity index (χ4v) is 10.2. The monoisotopic (exact) mass is 823 g/mol.